The van der Waals surface area contributed by atoms with Gasteiger partial charge in [0, 0.05) is 18.2 Å². The number of hydrogen-bond donors (Lipinski definition) is 2. The van der Waals surface area contributed by atoms with E-state index in [9.17, 15) is 4.39 Å². The number of hydrogen-bond acceptors (Lipinski definition) is 4. The molecular weight excluding hydrogens is 259 g/mol. The summed E-state index contributed by atoms with van der Waals surface area (Å²) in [5.41, 5.74) is 3.06. The van der Waals surface area contributed by atoms with Crippen LogP contribution in [0.5, 0.6) is 0 Å². The summed E-state index contributed by atoms with van der Waals surface area (Å²) in [6, 6.07) is 3.55. The van der Waals surface area contributed by atoms with Gasteiger partial charge in [-0.15, -0.1) is 0 Å². The summed E-state index contributed by atoms with van der Waals surface area (Å²) < 4.78 is 24.1. The molecule has 0 amide bonds. The van der Waals surface area contributed by atoms with Gasteiger partial charge in [-0.1, -0.05) is 11.6 Å². The first-order valence-corrected chi connectivity index (χ1v) is 6.16. The van der Waals surface area contributed by atoms with Gasteiger partial charge >= 0.3 is 0 Å². The van der Waals surface area contributed by atoms with Gasteiger partial charge in [0.25, 0.3) is 0 Å². The summed E-state index contributed by atoms with van der Waals surface area (Å²) >= 11 is 6.04. The zero-order valence-corrected chi connectivity index (χ0v) is 11.2. The molecule has 0 fully saturated rings. The molecule has 102 valence electrons. The zero-order chi connectivity index (χ0) is 13.5. The van der Waals surface area contributed by atoms with Crippen LogP contribution < -0.4 is 11.3 Å². The highest BCUT2D eigenvalue weighted by atomic mass is 35.5. The van der Waals surface area contributed by atoms with Crippen LogP contribution >= 0.6 is 11.6 Å². The van der Waals surface area contributed by atoms with Gasteiger partial charge in [0.2, 0.25) is 0 Å². The number of benzene rings is 1. The van der Waals surface area contributed by atoms with E-state index in [2.05, 4.69) is 5.43 Å². The second kappa shape index (κ2) is 7.66. The second-order valence-corrected chi connectivity index (χ2v) is 4.00. The fourth-order valence-electron chi connectivity index (χ4n) is 1.64. The van der Waals surface area contributed by atoms with E-state index >= 15 is 0 Å². The highest BCUT2D eigenvalue weighted by Gasteiger charge is 2.25. The summed E-state index contributed by atoms with van der Waals surface area (Å²) in [5, 5.41) is 0.406. The predicted molar refractivity (Wildman–Crippen MR) is 68.5 cm³/mol. The summed E-state index contributed by atoms with van der Waals surface area (Å²) in [6.07, 6.45) is -0.621. The first-order valence-electron chi connectivity index (χ1n) is 5.78. The van der Waals surface area contributed by atoms with E-state index in [0.29, 0.717) is 23.8 Å². The summed E-state index contributed by atoms with van der Waals surface area (Å²) in [5.74, 6) is 5.11. The van der Waals surface area contributed by atoms with Crippen LogP contribution in [-0.2, 0) is 9.47 Å². The average molecular weight is 277 g/mol. The van der Waals surface area contributed by atoms with Crippen molar-refractivity contribution in [2.75, 3.05) is 13.2 Å². The van der Waals surface area contributed by atoms with Crippen LogP contribution in [0, 0.1) is 5.82 Å². The first-order chi connectivity index (χ1) is 8.63. The van der Waals surface area contributed by atoms with Gasteiger partial charge in [0.1, 0.15) is 5.82 Å². The van der Waals surface area contributed by atoms with Crippen LogP contribution in [0.15, 0.2) is 18.2 Å². The van der Waals surface area contributed by atoms with Crippen LogP contribution in [0.25, 0.3) is 0 Å². The Balaban J connectivity index is 3.01. The van der Waals surface area contributed by atoms with Gasteiger partial charge in [0.05, 0.1) is 6.04 Å². The predicted octanol–water partition coefficient (Wildman–Crippen LogP) is 2.38. The minimum absolute atomic E-state index is 0.388. The van der Waals surface area contributed by atoms with Crippen LogP contribution in [0.2, 0.25) is 5.02 Å². The van der Waals surface area contributed by atoms with Crippen LogP contribution in [-0.4, -0.2) is 19.5 Å². The average Bonchev–Trinajstić information content (AvgIpc) is 2.35. The van der Waals surface area contributed by atoms with E-state index in [0.717, 1.165) is 0 Å². The molecule has 6 heteroatoms. The molecule has 1 aromatic rings. The van der Waals surface area contributed by atoms with Gasteiger partial charge in [-0.2, -0.15) is 0 Å². The van der Waals surface area contributed by atoms with E-state index < -0.39 is 12.3 Å². The van der Waals surface area contributed by atoms with Gasteiger partial charge in [0.15, 0.2) is 6.29 Å². The molecule has 0 aromatic heterocycles. The Labute approximate surface area is 111 Å². The normalized spacial score (nSPS) is 13.0. The minimum Gasteiger partial charge on any atom is -0.351 e. The van der Waals surface area contributed by atoms with E-state index in [1.54, 1.807) is 0 Å². The Morgan fingerprint density at radius 1 is 1.33 bits per heavy atom. The van der Waals surface area contributed by atoms with Crippen LogP contribution in [0.3, 0.4) is 0 Å². The first kappa shape index (κ1) is 15.3. The molecule has 0 bridgehead atoms. The monoisotopic (exact) mass is 276 g/mol. The largest absolute Gasteiger partial charge is 0.351 e. The number of nitrogens with two attached hydrogens (primary N) is 1. The molecule has 18 heavy (non-hydrogen) atoms. The van der Waals surface area contributed by atoms with E-state index in [-0.39, 0.29) is 5.82 Å². The molecule has 3 N–H and O–H groups in total. The van der Waals surface area contributed by atoms with Crippen molar-refractivity contribution in [1.29, 1.82) is 0 Å². The molecule has 1 unspecified atom stereocenters. The maximum absolute atomic E-state index is 13.3. The van der Waals surface area contributed by atoms with Crippen molar-refractivity contribution in [3.05, 3.63) is 34.6 Å². The number of hydrazine groups is 1. The van der Waals surface area contributed by atoms with E-state index in [1.807, 2.05) is 13.8 Å². The van der Waals surface area contributed by atoms with Gasteiger partial charge < -0.3 is 9.47 Å². The quantitative estimate of drug-likeness (QED) is 0.456. The molecule has 0 saturated heterocycles. The lowest BCUT2D eigenvalue weighted by molar-refractivity contribution is -0.155. The second-order valence-electron chi connectivity index (χ2n) is 3.59. The van der Waals surface area contributed by atoms with Crippen molar-refractivity contribution in [3.8, 4) is 0 Å². The molecule has 0 aliphatic carbocycles. The van der Waals surface area contributed by atoms with Crippen LogP contribution in [0.4, 0.5) is 4.39 Å². The molecule has 0 saturated carbocycles. The van der Waals surface area contributed by atoms with Crippen molar-refractivity contribution >= 4 is 11.6 Å². The molecule has 4 nitrogen and oxygen atoms in total. The zero-order valence-electron chi connectivity index (χ0n) is 10.5. The highest BCUT2D eigenvalue weighted by Crippen LogP contribution is 2.27. The molecule has 0 heterocycles. The third-order valence-corrected chi connectivity index (χ3v) is 2.75. The van der Waals surface area contributed by atoms with Crippen molar-refractivity contribution in [2.24, 2.45) is 5.84 Å². The molecule has 0 aliphatic heterocycles. The number of rotatable bonds is 7. The molecule has 1 rings (SSSR count). The lowest BCUT2D eigenvalue weighted by Crippen LogP contribution is -2.39. The Hall–Kier alpha value is -0.720. The lowest BCUT2D eigenvalue weighted by atomic mass is 10.1. The topological polar surface area (TPSA) is 56.5 Å². The smallest absolute Gasteiger partial charge is 0.178 e. The number of nitrogens with one attached hydrogen (secondary N) is 1. The van der Waals surface area contributed by atoms with Crippen molar-refractivity contribution < 1.29 is 13.9 Å². The SMILES string of the molecule is CCOC(OCC)C(NN)c1cc(F)ccc1Cl. The Kier molecular flexibility index (Phi) is 6.52. The lowest BCUT2D eigenvalue weighted by Gasteiger charge is -2.27. The van der Waals surface area contributed by atoms with Crippen LogP contribution in [0.1, 0.15) is 25.5 Å². The molecule has 0 spiro atoms. The van der Waals surface area contributed by atoms with Crippen molar-refractivity contribution in [1.82, 2.24) is 5.43 Å². The van der Waals surface area contributed by atoms with Gasteiger partial charge in [-0.25, -0.2) is 9.82 Å². The molecule has 1 aromatic carbocycles. The Morgan fingerprint density at radius 2 is 1.94 bits per heavy atom. The van der Waals surface area contributed by atoms with Gasteiger partial charge in [-0.05, 0) is 37.6 Å². The highest BCUT2D eigenvalue weighted by molar-refractivity contribution is 6.31. The number of ether oxygens (including phenoxy) is 2. The molecule has 1 atom stereocenters. The standard InChI is InChI=1S/C12H18ClFN2O2/c1-3-17-12(18-4-2)11(16-15)9-7-8(14)5-6-10(9)13/h5-7,11-12,16H,3-4,15H2,1-2H3. The third-order valence-electron chi connectivity index (χ3n) is 2.41. The Bertz CT molecular complexity index is 373. The number of halogens is 2. The fraction of sp³-hybridized carbons (Fsp3) is 0.500. The van der Waals surface area contributed by atoms with Gasteiger partial charge in [-0.3, -0.25) is 5.84 Å². The summed E-state index contributed by atoms with van der Waals surface area (Å²) in [4.78, 5) is 0. The van der Waals surface area contributed by atoms with E-state index in [4.69, 9.17) is 26.9 Å². The summed E-state index contributed by atoms with van der Waals surface area (Å²) in [7, 11) is 0. The molecular formula is C12H18ClFN2O2. The van der Waals surface area contributed by atoms with E-state index in [1.165, 1.54) is 18.2 Å². The van der Waals surface area contributed by atoms with Crippen molar-refractivity contribution in [3.63, 3.8) is 0 Å². The molecule has 0 radical (unpaired) electrons. The maximum atomic E-state index is 13.3. The van der Waals surface area contributed by atoms with Crippen molar-refractivity contribution in [2.45, 2.75) is 26.2 Å². The third kappa shape index (κ3) is 3.90. The summed E-state index contributed by atoms with van der Waals surface area (Å²) in [6.45, 7) is 4.59. The minimum atomic E-state index is -0.621. The Morgan fingerprint density at radius 3 is 2.44 bits per heavy atom. The fourth-order valence-corrected chi connectivity index (χ4v) is 1.87. The molecule has 0 aliphatic rings. The maximum Gasteiger partial charge on any atom is 0.178 e.